The van der Waals surface area contributed by atoms with Crippen molar-refractivity contribution >= 4 is 11.1 Å². The van der Waals surface area contributed by atoms with Crippen molar-refractivity contribution in [1.82, 2.24) is 4.90 Å². The molecule has 5 nitrogen and oxygen atoms in total. The van der Waals surface area contributed by atoms with Crippen LogP contribution in [0.5, 0.6) is 11.5 Å². The van der Waals surface area contributed by atoms with Gasteiger partial charge in [-0.05, 0) is 82.7 Å². The van der Waals surface area contributed by atoms with Crippen LogP contribution in [0.2, 0.25) is 0 Å². The van der Waals surface area contributed by atoms with E-state index in [1.54, 1.807) is 12.1 Å². The summed E-state index contributed by atoms with van der Waals surface area (Å²) in [5.74, 6) is 3.38. The van der Waals surface area contributed by atoms with E-state index in [1.807, 2.05) is 42.5 Å². The largest absolute Gasteiger partial charge is 0.508 e. The standard InChI is InChI=1S/C31H33NO4/c33-17-4-7-26(21-5-2-1-3-6-21)28(22-8-12-24(35)13-9-22)23-10-14-25(15-11-23)36-18-16-32-19-27-29-30(27)31(29,32)20-34/h1-3,5-6,8-15,27,29-30,33-35H,4,7,16-20H2/b28-26-/t27?,29-,30?,31?/m0/s1. The molecule has 2 aliphatic carbocycles. The Morgan fingerprint density at radius 1 is 0.861 bits per heavy atom. The van der Waals surface area contributed by atoms with E-state index >= 15 is 0 Å². The van der Waals surface area contributed by atoms with Crippen LogP contribution in [0.15, 0.2) is 78.9 Å². The molecule has 3 N–H and O–H groups in total. The molecule has 0 aromatic heterocycles. The van der Waals surface area contributed by atoms with Crippen LogP contribution >= 0.6 is 0 Å². The van der Waals surface area contributed by atoms with Gasteiger partial charge in [-0.3, -0.25) is 4.90 Å². The van der Waals surface area contributed by atoms with Gasteiger partial charge in [0.25, 0.3) is 0 Å². The zero-order valence-electron chi connectivity index (χ0n) is 20.4. The highest BCUT2D eigenvalue weighted by Gasteiger charge is 2.89. The molecule has 2 bridgehead atoms. The van der Waals surface area contributed by atoms with Crippen molar-refractivity contribution in [3.63, 3.8) is 0 Å². The van der Waals surface area contributed by atoms with Crippen LogP contribution in [0.25, 0.3) is 11.1 Å². The number of benzene rings is 3. The van der Waals surface area contributed by atoms with Crippen LogP contribution < -0.4 is 4.74 Å². The Hall–Kier alpha value is -3.12. The number of phenolic OH excluding ortho intramolecular Hbond substituents is 1. The van der Waals surface area contributed by atoms with Gasteiger partial charge in [0.1, 0.15) is 18.1 Å². The minimum Gasteiger partial charge on any atom is -0.508 e. The fourth-order valence-corrected chi connectivity index (χ4v) is 6.61. The Labute approximate surface area is 212 Å². The zero-order valence-corrected chi connectivity index (χ0v) is 20.4. The molecule has 0 spiro atoms. The van der Waals surface area contributed by atoms with Crippen LogP contribution in [0.4, 0.5) is 0 Å². The van der Waals surface area contributed by atoms with Crippen LogP contribution in [0.1, 0.15) is 29.5 Å². The molecule has 2 heterocycles. The van der Waals surface area contributed by atoms with Crippen LogP contribution in [0, 0.1) is 17.8 Å². The molecule has 3 aromatic carbocycles. The Morgan fingerprint density at radius 2 is 1.53 bits per heavy atom. The minimum atomic E-state index is 0.0874. The Balaban J connectivity index is 1.24. The fourth-order valence-electron chi connectivity index (χ4n) is 6.61. The van der Waals surface area contributed by atoms with Crippen LogP contribution in [-0.4, -0.2) is 58.7 Å². The molecule has 5 heteroatoms. The van der Waals surface area contributed by atoms with Gasteiger partial charge in [-0.1, -0.05) is 54.6 Å². The van der Waals surface area contributed by atoms with Gasteiger partial charge in [0, 0.05) is 19.7 Å². The molecule has 2 aliphatic heterocycles. The molecule has 2 saturated carbocycles. The molecule has 4 aliphatic rings. The summed E-state index contributed by atoms with van der Waals surface area (Å²) in [7, 11) is 0. The summed E-state index contributed by atoms with van der Waals surface area (Å²) in [4.78, 5) is 2.43. The number of nitrogens with zero attached hydrogens (tertiary/aromatic N) is 1. The van der Waals surface area contributed by atoms with Crippen molar-refractivity contribution in [3.8, 4) is 11.5 Å². The average Bonchev–Trinajstić information content (AvgIpc) is 3.75. The SMILES string of the molecule is OCCC/C(=C(\c1ccc(O)cc1)c1ccc(OCCN2CC3C4[C@H]3C42CO)cc1)c1ccccc1. The van der Waals surface area contributed by atoms with Gasteiger partial charge < -0.3 is 20.1 Å². The van der Waals surface area contributed by atoms with Gasteiger partial charge in [-0.25, -0.2) is 0 Å². The third kappa shape index (κ3) is 3.92. The van der Waals surface area contributed by atoms with Gasteiger partial charge in [-0.2, -0.15) is 0 Å². The normalized spacial score (nSPS) is 26.3. The van der Waals surface area contributed by atoms with E-state index in [0.29, 0.717) is 13.0 Å². The maximum atomic E-state index is 9.87. The molecule has 2 saturated heterocycles. The summed E-state index contributed by atoms with van der Waals surface area (Å²) in [6.07, 6.45) is 1.40. The summed E-state index contributed by atoms with van der Waals surface area (Å²) in [6.45, 7) is 2.97. The number of phenols is 1. The summed E-state index contributed by atoms with van der Waals surface area (Å²) >= 11 is 0. The first kappa shape index (κ1) is 23.3. The van der Waals surface area contributed by atoms with E-state index in [4.69, 9.17) is 4.74 Å². The van der Waals surface area contributed by atoms with Gasteiger partial charge in [-0.15, -0.1) is 0 Å². The van der Waals surface area contributed by atoms with Gasteiger partial charge in [0.05, 0.1) is 12.1 Å². The third-order valence-electron chi connectivity index (χ3n) is 8.42. The van der Waals surface area contributed by atoms with Crippen LogP contribution in [-0.2, 0) is 0 Å². The van der Waals surface area contributed by atoms with E-state index in [0.717, 1.165) is 70.9 Å². The van der Waals surface area contributed by atoms with E-state index in [1.165, 1.54) is 0 Å². The number of aliphatic hydroxyl groups excluding tert-OH is 2. The maximum absolute atomic E-state index is 9.87. The molecular formula is C31H33NO4. The van der Waals surface area contributed by atoms with E-state index in [-0.39, 0.29) is 24.5 Å². The first-order valence-corrected chi connectivity index (χ1v) is 13.0. The number of ether oxygens (including phenoxy) is 1. The monoisotopic (exact) mass is 483 g/mol. The van der Waals surface area contributed by atoms with Gasteiger partial charge >= 0.3 is 0 Å². The number of aliphatic hydroxyl groups is 2. The maximum Gasteiger partial charge on any atom is 0.119 e. The van der Waals surface area contributed by atoms with Crippen molar-refractivity contribution in [1.29, 1.82) is 0 Å². The lowest BCUT2D eigenvalue weighted by Crippen LogP contribution is -2.40. The smallest absolute Gasteiger partial charge is 0.119 e. The third-order valence-corrected chi connectivity index (χ3v) is 8.42. The number of rotatable bonds is 11. The second kappa shape index (κ2) is 9.40. The lowest BCUT2D eigenvalue weighted by molar-refractivity contribution is 0.108. The zero-order chi connectivity index (χ0) is 24.7. The van der Waals surface area contributed by atoms with Crippen molar-refractivity contribution in [2.24, 2.45) is 17.8 Å². The molecule has 0 amide bonds. The highest BCUT2D eigenvalue weighted by Crippen LogP contribution is 2.82. The Morgan fingerprint density at radius 3 is 2.17 bits per heavy atom. The summed E-state index contributed by atoms with van der Waals surface area (Å²) in [6, 6.07) is 25.8. The van der Waals surface area contributed by atoms with Crippen molar-refractivity contribution in [2.75, 3.05) is 32.9 Å². The van der Waals surface area contributed by atoms with E-state index in [2.05, 4.69) is 29.2 Å². The highest BCUT2D eigenvalue weighted by atomic mass is 16.5. The highest BCUT2D eigenvalue weighted by molar-refractivity contribution is 5.98. The van der Waals surface area contributed by atoms with Crippen molar-refractivity contribution < 1.29 is 20.1 Å². The van der Waals surface area contributed by atoms with Crippen molar-refractivity contribution in [3.05, 3.63) is 95.6 Å². The Bertz CT molecular complexity index is 1230. The second-order valence-corrected chi connectivity index (χ2v) is 10.3. The lowest BCUT2D eigenvalue weighted by atomic mass is 9.87. The number of fused-ring (bicyclic) bond motifs is 1. The van der Waals surface area contributed by atoms with Gasteiger partial charge in [0.2, 0.25) is 0 Å². The number of hydrogen-bond donors (Lipinski definition) is 3. The van der Waals surface area contributed by atoms with Crippen molar-refractivity contribution in [2.45, 2.75) is 18.4 Å². The second-order valence-electron chi connectivity index (χ2n) is 10.3. The molecule has 0 radical (unpaired) electrons. The predicted octanol–water partition coefficient (Wildman–Crippen LogP) is 4.43. The Kier molecular flexibility index (Phi) is 6.08. The first-order chi connectivity index (χ1) is 17.7. The van der Waals surface area contributed by atoms with E-state index in [9.17, 15) is 15.3 Å². The van der Waals surface area contributed by atoms with Gasteiger partial charge in [0.15, 0.2) is 0 Å². The fraction of sp³-hybridized carbons (Fsp3) is 0.355. The quantitative estimate of drug-likeness (QED) is 0.352. The van der Waals surface area contributed by atoms with Crippen LogP contribution in [0.3, 0.4) is 0 Å². The summed E-state index contributed by atoms with van der Waals surface area (Å²) < 4.78 is 6.09. The number of allylic oxidation sites excluding steroid dienone is 1. The molecule has 36 heavy (non-hydrogen) atoms. The molecule has 3 unspecified atom stereocenters. The molecule has 186 valence electrons. The number of piperidine rings is 1. The number of aromatic hydroxyl groups is 1. The molecule has 4 atom stereocenters. The minimum absolute atomic E-state index is 0.0874. The molecule has 4 fully saturated rings. The number of hydrogen-bond acceptors (Lipinski definition) is 5. The first-order valence-electron chi connectivity index (χ1n) is 13.0. The molecule has 3 aromatic rings. The topological polar surface area (TPSA) is 73.2 Å². The van der Waals surface area contributed by atoms with E-state index < -0.39 is 0 Å². The average molecular weight is 484 g/mol. The predicted molar refractivity (Wildman–Crippen MR) is 141 cm³/mol. The lowest BCUT2D eigenvalue weighted by Gasteiger charge is -2.25. The summed E-state index contributed by atoms with van der Waals surface area (Å²) in [5, 5.41) is 29.3. The molecular weight excluding hydrogens is 450 g/mol. The summed E-state index contributed by atoms with van der Waals surface area (Å²) in [5.41, 5.74) is 5.54. The molecule has 7 rings (SSSR count).